The molecule has 28 heavy (non-hydrogen) atoms. The van der Waals surface area contributed by atoms with Crippen LogP contribution in [0, 0.1) is 13.8 Å². The highest BCUT2D eigenvalue weighted by atomic mass is 16.5. The molecule has 1 fully saturated rings. The largest absolute Gasteiger partial charge is 0.474 e. The second kappa shape index (κ2) is 8.57. The zero-order chi connectivity index (χ0) is 20.1. The smallest absolute Gasteiger partial charge is 0.229 e. The minimum atomic E-state index is -0.963. The molecular formula is C19H27N5O4. The van der Waals surface area contributed by atoms with Crippen LogP contribution in [0.5, 0.6) is 5.88 Å². The molecule has 0 spiro atoms. The standard InChI is InChI=1S/C19H27N5O4/c1-13-9-17(28-14(13)2)23-20-11-15-10-16(27-12-19(3,4)25)22-18(21-15)24-5-7-26-8-6-24/h9-11,23,25H,5-8,12H2,1-4H3/b20-11+. The Morgan fingerprint density at radius 2 is 2.04 bits per heavy atom. The van der Waals surface area contributed by atoms with Gasteiger partial charge in [-0.15, -0.1) is 0 Å². The van der Waals surface area contributed by atoms with Crippen LogP contribution in [-0.2, 0) is 4.74 Å². The van der Waals surface area contributed by atoms with E-state index in [0.29, 0.717) is 49.7 Å². The Morgan fingerprint density at radius 3 is 2.68 bits per heavy atom. The third-order valence-corrected chi connectivity index (χ3v) is 4.12. The maximum atomic E-state index is 9.92. The third-order valence-electron chi connectivity index (χ3n) is 4.12. The van der Waals surface area contributed by atoms with E-state index in [1.165, 1.54) is 0 Å². The van der Waals surface area contributed by atoms with Gasteiger partial charge in [0.2, 0.25) is 17.7 Å². The van der Waals surface area contributed by atoms with E-state index in [2.05, 4.69) is 20.5 Å². The van der Waals surface area contributed by atoms with Crippen LogP contribution >= 0.6 is 0 Å². The van der Waals surface area contributed by atoms with E-state index in [4.69, 9.17) is 13.9 Å². The molecule has 3 heterocycles. The Bertz CT molecular complexity index is 803. The number of nitrogens with zero attached hydrogens (tertiary/aromatic N) is 4. The number of rotatable bonds is 7. The third kappa shape index (κ3) is 5.67. The summed E-state index contributed by atoms with van der Waals surface area (Å²) in [5.74, 6) is 2.33. The summed E-state index contributed by atoms with van der Waals surface area (Å²) < 4.78 is 16.6. The van der Waals surface area contributed by atoms with E-state index >= 15 is 0 Å². The molecule has 0 aromatic carbocycles. The molecule has 1 aliphatic heterocycles. The highest BCUT2D eigenvalue weighted by molar-refractivity contribution is 5.78. The van der Waals surface area contributed by atoms with E-state index in [1.54, 1.807) is 26.1 Å². The predicted octanol–water partition coefficient (Wildman–Crippen LogP) is 2.12. The van der Waals surface area contributed by atoms with Crippen LogP contribution in [0.15, 0.2) is 21.7 Å². The average Bonchev–Trinajstić information content (AvgIpc) is 2.98. The number of aliphatic hydroxyl groups is 1. The number of furan rings is 1. The molecule has 0 aliphatic carbocycles. The highest BCUT2D eigenvalue weighted by Crippen LogP contribution is 2.19. The van der Waals surface area contributed by atoms with Crippen LogP contribution in [0.2, 0.25) is 0 Å². The first-order chi connectivity index (χ1) is 13.3. The molecule has 0 bridgehead atoms. The summed E-state index contributed by atoms with van der Waals surface area (Å²) in [7, 11) is 0. The zero-order valence-corrected chi connectivity index (χ0v) is 16.7. The first kappa shape index (κ1) is 20.1. The van der Waals surface area contributed by atoms with E-state index in [9.17, 15) is 5.11 Å². The second-order valence-corrected chi connectivity index (χ2v) is 7.35. The van der Waals surface area contributed by atoms with E-state index in [1.807, 2.05) is 24.8 Å². The van der Waals surface area contributed by atoms with Gasteiger partial charge in [-0.3, -0.25) is 0 Å². The summed E-state index contributed by atoms with van der Waals surface area (Å²) in [6.45, 7) is 10.00. The van der Waals surface area contributed by atoms with Crippen molar-refractivity contribution in [3.05, 3.63) is 29.2 Å². The second-order valence-electron chi connectivity index (χ2n) is 7.35. The molecule has 0 amide bonds. The number of morpholine rings is 1. The van der Waals surface area contributed by atoms with Crippen molar-refractivity contribution in [3.8, 4) is 5.88 Å². The number of hydrogen-bond donors (Lipinski definition) is 2. The molecule has 2 N–H and O–H groups in total. The molecule has 2 aromatic rings. The van der Waals surface area contributed by atoms with Gasteiger partial charge < -0.3 is 23.9 Å². The fraction of sp³-hybridized carbons (Fsp3) is 0.526. The molecule has 9 nitrogen and oxygen atoms in total. The summed E-state index contributed by atoms with van der Waals surface area (Å²) in [6, 6.07) is 3.56. The van der Waals surface area contributed by atoms with Crippen molar-refractivity contribution < 1.29 is 19.0 Å². The molecule has 0 radical (unpaired) electrons. The SMILES string of the molecule is Cc1cc(N/N=C/c2cc(OCC(C)(C)O)nc(N3CCOCC3)n2)oc1C. The van der Waals surface area contributed by atoms with Crippen molar-refractivity contribution in [2.75, 3.05) is 43.2 Å². The topological polar surface area (TPSA) is 105 Å². The molecule has 9 heteroatoms. The lowest BCUT2D eigenvalue weighted by Crippen LogP contribution is -2.37. The van der Waals surface area contributed by atoms with Crippen molar-refractivity contribution in [3.63, 3.8) is 0 Å². The van der Waals surface area contributed by atoms with Gasteiger partial charge in [-0.2, -0.15) is 10.1 Å². The van der Waals surface area contributed by atoms with Gasteiger partial charge in [-0.1, -0.05) is 0 Å². The Labute approximate surface area is 164 Å². The molecule has 1 aliphatic rings. The maximum Gasteiger partial charge on any atom is 0.229 e. The summed E-state index contributed by atoms with van der Waals surface area (Å²) >= 11 is 0. The average molecular weight is 389 g/mol. The summed E-state index contributed by atoms with van der Waals surface area (Å²) in [4.78, 5) is 11.1. The molecular weight excluding hydrogens is 362 g/mol. The van der Waals surface area contributed by atoms with Crippen molar-refractivity contribution in [1.29, 1.82) is 0 Å². The molecule has 0 saturated carbocycles. The molecule has 2 aromatic heterocycles. The number of nitrogens with one attached hydrogen (secondary N) is 1. The number of hydrogen-bond acceptors (Lipinski definition) is 9. The lowest BCUT2D eigenvalue weighted by molar-refractivity contribution is 0.0268. The number of aromatic nitrogens is 2. The van der Waals surface area contributed by atoms with Crippen LogP contribution in [-0.4, -0.2) is 59.8 Å². The molecule has 0 atom stereocenters. The van der Waals surface area contributed by atoms with E-state index in [-0.39, 0.29) is 6.61 Å². The molecule has 0 unspecified atom stereocenters. The summed E-state index contributed by atoms with van der Waals surface area (Å²) in [5.41, 5.74) is 3.52. The van der Waals surface area contributed by atoms with Crippen LogP contribution in [0.4, 0.5) is 11.8 Å². The van der Waals surface area contributed by atoms with Gasteiger partial charge in [0.15, 0.2) is 0 Å². The first-order valence-electron chi connectivity index (χ1n) is 9.23. The lowest BCUT2D eigenvalue weighted by Gasteiger charge is -2.27. The van der Waals surface area contributed by atoms with Gasteiger partial charge in [-0.25, -0.2) is 10.4 Å². The first-order valence-corrected chi connectivity index (χ1v) is 9.23. The van der Waals surface area contributed by atoms with Crippen LogP contribution in [0.1, 0.15) is 30.9 Å². The minimum Gasteiger partial charge on any atom is -0.474 e. The van der Waals surface area contributed by atoms with E-state index in [0.717, 1.165) is 11.3 Å². The quantitative estimate of drug-likeness (QED) is 0.548. The number of ether oxygens (including phenoxy) is 2. The van der Waals surface area contributed by atoms with E-state index < -0.39 is 5.60 Å². The highest BCUT2D eigenvalue weighted by Gasteiger charge is 2.18. The van der Waals surface area contributed by atoms with Gasteiger partial charge in [0.25, 0.3) is 0 Å². The van der Waals surface area contributed by atoms with Crippen LogP contribution in [0.3, 0.4) is 0 Å². The molecule has 3 rings (SSSR count). The number of hydrazone groups is 1. The fourth-order valence-corrected chi connectivity index (χ4v) is 2.52. The Balaban J connectivity index is 1.78. The molecule has 1 saturated heterocycles. The zero-order valence-electron chi connectivity index (χ0n) is 16.7. The van der Waals surface area contributed by atoms with Gasteiger partial charge in [-0.05, 0) is 33.3 Å². The lowest BCUT2D eigenvalue weighted by atomic mass is 10.2. The summed E-state index contributed by atoms with van der Waals surface area (Å²) in [5, 5.41) is 14.1. The van der Waals surface area contributed by atoms with Crippen molar-refractivity contribution in [2.45, 2.75) is 33.3 Å². The van der Waals surface area contributed by atoms with Crippen molar-refractivity contribution >= 4 is 18.0 Å². The monoisotopic (exact) mass is 389 g/mol. The van der Waals surface area contributed by atoms with Gasteiger partial charge >= 0.3 is 0 Å². The molecule has 152 valence electrons. The number of aryl methyl sites for hydroxylation is 2. The minimum absolute atomic E-state index is 0.117. The predicted molar refractivity (Wildman–Crippen MR) is 106 cm³/mol. The van der Waals surface area contributed by atoms with Crippen molar-refractivity contribution in [1.82, 2.24) is 9.97 Å². The summed E-state index contributed by atoms with van der Waals surface area (Å²) in [6.07, 6.45) is 1.58. The fourth-order valence-electron chi connectivity index (χ4n) is 2.52. The Hall–Kier alpha value is -2.65. The van der Waals surface area contributed by atoms with Gasteiger partial charge in [0.05, 0.1) is 30.7 Å². The van der Waals surface area contributed by atoms with Crippen LogP contribution < -0.4 is 15.1 Å². The maximum absolute atomic E-state index is 9.92. The van der Waals surface area contributed by atoms with Gasteiger partial charge in [0.1, 0.15) is 12.4 Å². The Kier molecular flexibility index (Phi) is 6.15. The van der Waals surface area contributed by atoms with Crippen molar-refractivity contribution in [2.24, 2.45) is 5.10 Å². The van der Waals surface area contributed by atoms with Crippen LogP contribution in [0.25, 0.3) is 0 Å². The van der Waals surface area contributed by atoms with Gasteiger partial charge in [0, 0.05) is 25.2 Å². The number of anilines is 2. The Morgan fingerprint density at radius 1 is 1.29 bits per heavy atom. The normalized spacial score (nSPS) is 15.2.